The van der Waals surface area contributed by atoms with E-state index in [-0.39, 0.29) is 0 Å². The fraction of sp³-hybridized carbons (Fsp3) is 0.600. The predicted molar refractivity (Wildman–Crippen MR) is 62.2 cm³/mol. The number of nitrogens with two attached hydrogens (primary N) is 1. The Morgan fingerprint density at radius 3 is 3.06 bits per heavy atom. The third kappa shape index (κ3) is 4.79. The zero-order valence-electron chi connectivity index (χ0n) is 9.56. The van der Waals surface area contributed by atoms with E-state index in [0.717, 1.165) is 25.9 Å². The van der Waals surface area contributed by atoms with Gasteiger partial charge < -0.3 is 16.3 Å². The van der Waals surface area contributed by atoms with Crippen molar-refractivity contribution in [1.82, 2.24) is 15.1 Å². The average Bonchev–Trinajstić information content (AvgIpc) is 2.69. The van der Waals surface area contributed by atoms with Gasteiger partial charge in [-0.05, 0) is 19.4 Å². The number of aryl methyl sites for hydroxylation is 1. The third-order valence-electron chi connectivity index (χ3n) is 2.25. The van der Waals surface area contributed by atoms with Crippen LogP contribution in [0.3, 0.4) is 0 Å². The van der Waals surface area contributed by atoms with Crippen LogP contribution in [0.5, 0.6) is 0 Å². The van der Waals surface area contributed by atoms with Crippen molar-refractivity contribution < 1.29 is 5.21 Å². The molecule has 16 heavy (non-hydrogen) atoms. The first-order valence-corrected chi connectivity index (χ1v) is 5.37. The van der Waals surface area contributed by atoms with Gasteiger partial charge in [0.2, 0.25) is 0 Å². The van der Waals surface area contributed by atoms with Crippen LogP contribution < -0.4 is 11.1 Å². The topological polar surface area (TPSA) is 88.5 Å². The fourth-order valence-corrected chi connectivity index (χ4v) is 1.40. The summed E-state index contributed by atoms with van der Waals surface area (Å²) in [4.78, 5) is 0. The molecule has 6 heteroatoms. The molecule has 1 aromatic heterocycles. The number of hydrogen-bond acceptors (Lipinski definition) is 4. The summed E-state index contributed by atoms with van der Waals surface area (Å²) in [5.74, 6) is 0.298. The molecule has 0 amide bonds. The van der Waals surface area contributed by atoms with E-state index < -0.39 is 0 Å². The molecule has 90 valence electrons. The van der Waals surface area contributed by atoms with Crippen LogP contribution in [0, 0.1) is 0 Å². The number of aromatic nitrogens is 2. The molecule has 0 spiro atoms. The second kappa shape index (κ2) is 6.84. The highest BCUT2D eigenvalue weighted by Gasteiger charge is 1.96. The van der Waals surface area contributed by atoms with Crippen molar-refractivity contribution in [3.8, 4) is 0 Å². The van der Waals surface area contributed by atoms with Crippen molar-refractivity contribution in [1.29, 1.82) is 0 Å². The Balaban J connectivity index is 2.00. The van der Waals surface area contributed by atoms with Gasteiger partial charge in [0.25, 0.3) is 0 Å². The van der Waals surface area contributed by atoms with E-state index in [2.05, 4.69) is 15.6 Å². The van der Waals surface area contributed by atoms with Gasteiger partial charge in [-0.2, -0.15) is 5.10 Å². The van der Waals surface area contributed by atoms with Gasteiger partial charge in [0.15, 0.2) is 0 Å². The van der Waals surface area contributed by atoms with Crippen LogP contribution in [0.15, 0.2) is 17.5 Å². The number of unbranched alkanes of at least 4 members (excludes halogenated alkanes) is 1. The van der Waals surface area contributed by atoms with Gasteiger partial charge in [-0.1, -0.05) is 5.16 Å². The summed E-state index contributed by atoms with van der Waals surface area (Å²) in [6.07, 6.45) is 6.42. The SMILES string of the molecule is Cn1cc(CNCCCCC(N)=NO)cn1. The quantitative estimate of drug-likeness (QED) is 0.206. The zero-order chi connectivity index (χ0) is 11.8. The molecule has 0 radical (unpaired) electrons. The maximum Gasteiger partial charge on any atom is 0.139 e. The lowest BCUT2D eigenvalue weighted by Gasteiger charge is -2.02. The van der Waals surface area contributed by atoms with Crippen molar-refractivity contribution >= 4 is 5.84 Å². The van der Waals surface area contributed by atoms with Crippen molar-refractivity contribution in [2.24, 2.45) is 17.9 Å². The molecule has 4 N–H and O–H groups in total. The van der Waals surface area contributed by atoms with Crippen LogP contribution in [0.2, 0.25) is 0 Å². The predicted octanol–water partition coefficient (Wildman–Crippen LogP) is 0.426. The van der Waals surface area contributed by atoms with Crippen LogP contribution in [0.1, 0.15) is 24.8 Å². The molecule has 6 nitrogen and oxygen atoms in total. The number of nitrogens with zero attached hydrogens (tertiary/aromatic N) is 3. The molecule has 0 aromatic carbocycles. The molecule has 0 fully saturated rings. The normalized spacial score (nSPS) is 11.9. The van der Waals surface area contributed by atoms with Crippen molar-refractivity contribution in [3.05, 3.63) is 18.0 Å². The molecule has 0 unspecified atom stereocenters. The number of oxime groups is 1. The Bertz CT molecular complexity index is 334. The average molecular weight is 225 g/mol. The highest BCUT2D eigenvalue weighted by atomic mass is 16.4. The minimum Gasteiger partial charge on any atom is -0.409 e. The standard InChI is InChI=1S/C10H19N5O/c1-15-8-9(7-13-15)6-12-5-3-2-4-10(11)14-16/h7-8,12,16H,2-6H2,1H3,(H2,11,14). The second-order valence-corrected chi connectivity index (χ2v) is 3.75. The summed E-state index contributed by atoms with van der Waals surface area (Å²) in [7, 11) is 1.90. The molecule has 0 aliphatic heterocycles. The molecule has 0 aliphatic carbocycles. The van der Waals surface area contributed by atoms with Gasteiger partial charge in [-0.3, -0.25) is 4.68 Å². The smallest absolute Gasteiger partial charge is 0.139 e. The summed E-state index contributed by atoms with van der Waals surface area (Å²) in [6, 6.07) is 0. The molecular weight excluding hydrogens is 206 g/mol. The summed E-state index contributed by atoms with van der Waals surface area (Å²) in [5.41, 5.74) is 6.53. The van der Waals surface area contributed by atoms with Gasteiger partial charge in [-0.25, -0.2) is 0 Å². The molecular formula is C10H19N5O. The van der Waals surface area contributed by atoms with E-state index in [9.17, 15) is 0 Å². The van der Waals surface area contributed by atoms with Gasteiger partial charge in [0.05, 0.1) is 6.20 Å². The molecule has 1 aromatic rings. The first-order chi connectivity index (χ1) is 7.72. The Morgan fingerprint density at radius 2 is 2.44 bits per heavy atom. The maximum absolute atomic E-state index is 8.33. The maximum atomic E-state index is 8.33. The molecule has 1 heterocycles. The van der Waals surface area contributed by atoms with Gasteiger partial charge in [0.1, 0.15) is 5.84 Å². The summed E-state index contributed by atoms with van der Waals surface area (Å²) >= 11 is 0. The molecule has 1 rings (SSSR count). The Morgan fingerprint density at radius 1 is 1.62 bits per heavy atom. The Kier molecular flexibility index (Phi) is 5.35. The highest BCUT2D eigenvalue weighted by Crippen LogP contribution is 1.97. The van der Waals surface area contributed by atoms with E-state index in [1.807, 2.05) is 19.4 Å². The summed E-state index contributed by atoms with van der Waals surface area (Å²) in [6.45, 7) is 1.75. The lowest BCUT2D eigenvalue weighted by Crippen LogP contribution is -2.16. The van der Waals surface area contributed by atoms with Crippen LogP contribution in [-0.2, 0) is 13.6 Å². The third-order valence-corrected chi connectivity index (χ3v) is 2.25. The van der Waals surface area contributed by atoms with E-state index >= 15 is 0 Å². The first-order valence-electron chi connectivity index (χ1n) is 5.37. The lowest BCUT2D eigenvalue weighted by atomic mass is 10.2. The van der Waals surface area contributed by atoms with Crippen LogP contribution >= 0.6 is 0 Å². The van der Waals surface area contributed by atoms with Crippen LogP contribution in [0.25, 0.3) is 0 Å². The Labute approximate surface area is 95.1 Å². The second-order valence-electron chi connectivity index (χ2n) is 3.75. The number of hydrogen-bond donors (Lipinski definition) is 3. The molecule has 0 saturated carbocycles. The van der Waals surface area contributed by atoms with E-state index in [1.165, 1.54) is 5.56 Å². The van der Waals surface area contributed by atoms with E-state index in [0.29, 0.717) is 12.3 Å². The molecule has 0 aliphatic rings. The van der Waals surface area contributed by atoms with Crippen molar-refractivity contribution in [3.63, 3.8) is 0 Å². The molecule has 0 bridgehead atoms. The number of rotatable bonds is 7. The van der Waals surface area contributed by atoms with E-state index in [4.69, 9.17) is 10.9 Å². The minimum absolute atomic E-state index is 0.298. The lowest BCUT2D eigenvalue weighted by molar-refractivity contribution is 0.316. The zero-order valence-corrected chi connectivity index (χ0v) is 9.56. The number of nitrogens with one attached hydrogen (secondary N) is 1. The van der Waals surface area contributed by atoms with Gasteiger partial charge >= 0.3 is 0 Å². The van der Waals surface area contributed by atoms with Crippen molar-refractivity contribution in [2.75, 3.05) is 6.54 Å². The fourth-order valence-electron chi connectivity index (χ4n) is 1.40. The number of amidine groups is 1. The minimum atomic E-state index is 0.298. The molecule has 0 atom stereocenters. The first kappa shape index (κ1) is 12.5. The van der Waals surface area contributed by atoms with Crippen LogP contribution in [0.4, 0.5) is 0 Å². The van der Waals surface area contributed by atoms with E-state index in [1.54, 1.807) is 4.68 Å². The van der Waals surface area contributed by atoms with Gasteiger partial charge in [0, 0.05) is 31.8 Å². The summed E-state index contributed by atoms with van der Waals surface area (Å²) in [5, 5.41) is 18.6. The largest absolute Gasteiger partial charge is 0.409 e. The molecule has 0 saturated heterocycles. The highest BCUT2D eigenvalue weighted by molar-refractivity contribution is 5.79. The monoisotopic (exact) mass is 225 g/mol. The van der Waals surface area contributed by atoms with Crippen LogP contribution in [-0.4, -0.2) is 27.4 Å². The van der Waals surface area contributed by atoms with Crippen molar-refractivity contribution in [2.45, 2.75) is 25.8 Å². The van der Waals surface area contributed by atoms with Gasteiger partial charge in [-0.15, -0.1) is 0 Å². The Hall–Kier alpha value is -1.56. The summed E-state index contributed by atoms with van der Waals surface area (Å²) < 4.78 is 1.79.